The zero-order chi connectivity index (χ0) is 35.7. The summed E-state index contributed by atoms with van der Waals surface area (Å²) < 4.78 is 0. The van der Waals surface area contributed by atoms with Crippen molar-refractivity contribution in [2.45, 2.75) is 104 Å². The minimum Gasteiger partial charge on any atom is -0.370 e. The Bertz CT molecular complexity index is 1230. The first-order valence-electron chi connectivity index (χ1n) is 15.9. The monoisotopic (exact) mass is 659 g/mol. The lowest BCUT2D eigenvalue weighted by Gasteiger charge is -2.28. The molecule has 0 saturated heterocycles. The van der Waals surface area contributed by atoms with Gasteiger partial charge in [0, 0.05) is 19.9 Å². The van der Waals surface area contributed by atoms with Crippen LogP contribution in [0.15, 0.2) is 35.3 Å². The zero-order valence-corrected chi connectivity index (χ0v) is 28.3. The van der Waals surface area contributed by atoms with E-state index in [1.54, 1.807) is 24.3 Å². The van der Waals surface area contributed by atoms with Crippen molar-refractivity contribution in [3.63, 3.8) is 0 Å². The van der Waals surface area contributed by atoms with Gasteiger partial charge < -0.3 is 43.8 Å². The largest absolute Gasteiger partial charge is 0.370 e. The van der Waals surface area contributed by atoms with Crippen LogP contribution >= 0.6 is 0 Å². The summed E-state index contributed by atoms with van der Waals surface area (Å²) in [6.07, 6.45) is 1.15. The van der Waals surface area contributed by atoms with Crippen LogP contribution in [0.3, 0.4) is 0 Å². The van der Waals surface area contributed by atoms with Crippen LogP contribution in [0, 0.1) is 11.8 Å². The van der Waals surface area contributed by atoms with Crippen molar-refractivity contribution in [3.8, 4) is 0 Å². The molecule has 1 aromatic carbocycles. The standard InChI is InChI=1S/C32H53N9O6/c1-18(2)15-24(29(45)38-23(27(33)43)13-10-14-36-32(34)35)40-30(46)25(16-19(3)4)41-31(47)26(17-22-11-8-7-9-12-22)39-28(44)20(5)37-21(6)42/h7-9,11-12,18-20,23-26H,10,13-17H2,1-6H3,(H2,33,43)(H,37,42)(H,38,45)(H,39,44)(H,40,46)(H,41,47)(H4,34,35,36)/t20-,23-,24-,25-,26-/m0/s1. The van der Waals surface area contributed by atoms with Crippen LogP contribution in [0.25, 0.3) is 0 Å². The molecule has 1 aromatic rings. The summed E-state index contributed by atoms with van der Waals surface area (Å²) in [5.74, 6) is -3.69. The van der Waals surface area contributed by atoms with E-state index in [9.17, 15) is 28.8 Å². The third-order valence-corrected chi connectivity index (χ3v) is 7.01. The summed E-state index contributed by atoms with van der Waals surface area (Å²) >= 11 is 0. The lowest BCUT2D eigenvalue weighted by atomic mass is 9.98. The van der Waals surface area contributed by atoms with E-state index in [0.717, 1.165) is 5.56 Å². The van der Waals surface area contributed by atoms with Crippen molar-refractivity contribution in [3.05, 3.63) is 35.9 Å². The number of nitrogens with zero attached hydrogens (tertiary/aromatic N) is 1. The maximum absolute atomic E-state index is 13.7. The van der Waals surface area contributed by atoms with Gasteiger partial charge in [0.1, 0.15) is 30.2 Å². The second-order valence-corrected chi connectivity index (χ2v) is 12.5. The molecule has 0 radical (unpaired) electrons. The van der Waals surface area contributed by atoms with E-state index in [0.29, 0.717) is 6.42 Å². The number of carbonyl (C=O) groups excluding carboxylic acids is 6. The number of hydrogen-bond donors (Lipinski definition) is 8. The number of primary amides is 1. The van der Waals surface area contributed by atoms with E-state index in [2.05, 4.69) is 31.6 Å². The Labute approximate surface area is 277 Å². The normalized spacial score (nSPS) is 14.1. The zero-order valence-electron chi connectivity index (χ0n) is 28.3. The molecule has 0 unspecified atom stereocenters. The van der Waals surface area contributed by atoms with Crippen molar-refractivity contribution < 1.29 is 28.8 Å². The summed E-state index contributed by atoms with van der Waals surface area (Å²) in [5.41, 5.74) is 17.0. The third-order valence-electron chi connectivity index (χ3n) is 7.01. The fraction of sp³-hybridized carbons (Fsp3) is 0.594. The molecule has 0 heterocycles. The Kier molecular flexibility index (Phi) is 17.5. The van der Waals surface area contributed by atoms with E-state index in [-0.39, 0.29) is 50.0 Å². The molecule has 15 heteroatoms. The van der Waals surface area contributed by atoms with Gasteiger partial charge in [0.25, 0.3) is 0 Å². The van der Waals surface area contributed by atoms with Gasteiger partial charge in [0.05, 0.1) is 0 Å². The second-order valence-electron chi connectivity index (χ2n) is 12.5. The molecule has 15 nitrogen and oxygen atoms in total. The fourth-order valence-corrected chi connectivity index (χ4v) is 4.74. The van der Waals surface area contributed by atoms with Crippen molar-refractivity contribution in [2.75, 3.05) is 6.54 Å². The maximum atomic E-state index is 13.7. The number of carbonyl (C=O) groups is 6. The molecule has 0 aromatic heterocycles. The van der Waals surface area contributed by atoms with E-state index >= 15 is 0 Å². The fourth-order valence-electron chi connectivity index (χ4n) is 4.74. The molecule has 11 N–H and O–H groups in total. The van der Waals surface area contributed by atoms with Crippen molar-refractivity contribution in [2.24, 2.45) is 34.0 Å². The SMILES string of the molecule is CC(=O)N[C@@H](C)C(=O)N[C@@H](Cc1ccccc1)C(=O)N[C@@H](CC(C)C)C(=O)N[C@@H](CC(C)C)C(=O)N[C@@H](CCCN=C(N)N)C(N)=O. The summed E-state index contributed by atoms with van der Waals surface area (Å²) in [5, 5.41) is 13.3. The molecule has 0 aliphatic heterocycles. The first kappa shape index (κ1) is 40.3. The first-order chi connectivity index (χ1) is 22.0. The molecule has 262 valence electrons. The van der Waals surface area contributed by atoms with Gasteiger partial charge in [0.2, 0.25) is 35.4 Å². The molecule has 0 bridgehead atoms. The minimum absolute atomic E-state index is 0.0193. The van der Waals surface area contributed by atoms with Crippen molar-refractivity contribution >= 4 is 41.4 Å². The number of hydrogen-bond acceptors (Lipinski definition) is 7. The molecule has 0 saturated carbocycles. The molecule has 47 heavy (non-hydrogen) atoms. The van der Waals surface area contributed by atoms with Crippen LogP contribution in [0.4, 0.5) is 0 Å². The van der Waals surface area contributed by atoms with E-state index in [1.807, 2.05) is 33.8 Å². The molecule has 1 rings (SSSR count). The Balaban J connectivity index is 3.19. The van der Waals surface area contributed by atoms with Gasteiger partial charge >= 0.3 is 0 Å². The molecule has 0 spiro atoms. The van der Waals surface area contributed by atoms with Gasteiger partial charge in [0.15, 0.2) is 5.96 Å². The van der Waals surface area contributed by atoms with Crippen LogP contribution in [-0.2, 0) is 35.2 Å². The number of guanidine groups is 1. The minimum atomic E-state index is -1.08. The Hall–Kier alpha value is -4.69. The van der Waals surface area contributed by atoms with Crippen LogP contribution in [-0.4, -0.2) is 78.2 Å². The summed E-state index contributed by atoms with van der Waals surface area (Å²) in [6.45, 7) is 10.5. The van der Waals surface area contributed by atoms with Crippen LogP contribution in [0.1, 0.15) is 72.8 Å². The molecular formula is C32H53N9O6. The summed E-state index contributed by atoms with van der Waals surface area (Å²) in [7, 11) is 0. The van der Waals surface area contributed by atoms with Gasteiger partial charge in [-0.15, -0.1) is 0 Å². The molecule has 6 amide bonds. The predicted molar refractivity (Wildman–Crippen MR) is 179 cm³/mol. The van der Waals surface area contributed by atoms with E-state index in [4.69, 9.17) is 17.2 Å². The van der Waals surface area contributed by atoms with Crippen LogP contribution in [0.2, 0.25) is 0 Å². The van der Waals surface area contributed by atoms with Crippen molar-refractivity contribution in [1.82, 2.24) is 26.6 Å². The Morgan fingerprint density at radius 1 is 0.660 bits per heavy atom. The predicted octanol–water partition coefficient (Wildman–Crippen LogP) is -0.676. The smallest absolute Gasteiger partial charge is 0.243 e. The number of aliphatic imine (C=N–C) groups is 1. The molecular weight excluding hydrogens is 606 g/mol. The Morgan fingerprint density at radius 3 is 1.57 bits per heavy atom. The average Bonchev–Trinajstić information content (AvgIpc) is 2.96. The topological polar surface area (TPSA) is 253 Å². The average molecular weight is 660 g/mol. The van der Waals surface area contributed by atoms with Gasteiger partial charge in [-0.2, -0.15) is 0 Å². The number of nitrogens with two attached hydrogens (primary N) is 3. The number of amides is 6. The highest BCUT2D eigenvalue weighted by molar-refractivity contribution is 5.96. The van der Waals surface area contributed by atoms with E-state index < -0.39 is 65.7 Å². The quantitative estimate of drug-likeness (QED) is 0.0505. The van der Waals surface area contributed by atoms with E-state index in [1.165, 1.54) is 13.8 Å². The molecule has 0 fully saturated rings. The molecule has 5 atom stereocenters. The van der Waals surface area contributed by atoms with Crippen LogP contribution < -0.4 is 43.8 Å². The number of rotatable bonds is 20. The number of benzene rings is 1. The third kappa shape index (κ3) is 16.4. The van der Waals surface area contributed by atoms with Gasteiger partial charge in [-0.05, 0) is 50.0 Å². The lowest BCUT2D eigenvalue weighted by Crippen LogP contribution is -2.59. The lowest BCUT2D eigenvalue weighted by molar-refractivity contribution is -0.135. The molecule has 0 aliphatic carbocycles. The summed E-state index contributed by atoms with van der Waals surface area (Å²) in [6, 6.07) is 3.94. The van der Waals surface area contributed by atoms with Gasteiger partial charge in [-0.1, -0.05) is 58.0 Å². The highest BCUT2D eigenvalue weighted by atomic mass is 16.2. The number of nitrogens with one attached hydrogen (secondary N) is 5. The summed E-state index contributed by atoms with van der Waals surface area (Å²) in [4.78, 5) is 81.0. The molecule has 0 aliphatic rings. The maximum Gasteiger partial charge on any atom is 0.243 e. The van der Waals surface area contributed by atoms with Gasteiger partial charge in [-0.25, -0.2) is 0 Å². The first-order valence-corrected chi connectivity index (χ1v) is 15.9. The second kappa shape index (κ2) is 20.4. The van der Waals surface area contributed by atoms with Gasteiger partial charge in [-0.3, -0.25) is 33.8 Å². The van der Waals surface area contributed by atoms with Crippen LogP contribution in [0.5, 0.6) is 0 Å². The Morgan fingerprint density at radius 2 is 1.13 bits per heavy atom. The van der Waals surface area contributed by atoms with Crippen molar-refractivity contribution in [1.29, 1.82) is 0 Å². The highest BCUT2D eigenvalue weighted by Gasteiger charge is 2.32. The highest BCUT2D eigenvalue weighted by Crippen LogP contribution is 2.11.